The van der Waals surface area contributed by atoms with Gasteiger partial charge in [0, 0.05) is 26.2 Å². The van der Waals surface area contributed by atoms with Gasteiger partial charge in [-0.25, -0.2) is 13.4 Å². The second-order valence-corrected chi connectivity index (χ2v) is 8.57. The number of alkyl halides is 3. The van der Waals surface area contributed by atoms with E-state index in [0.717, 1.165) is 35.3 Å². The summed E-state index contributed by atoms with van der Waals surface area (Å²) >= 11 is 0. The number of piperazine rings is 1. The molecule has 152 valence electrons. The van der Waals surface area contributed by atoms with E-state index in [0.29, 0.717) is 18.9 Å². The van der Waals surface area contributed by atoms with Crippen molar-refractivity contribution in [3.63, 3.8) is 0 Å². The molecule has 1 aliphatic heterocycles. The summed E-state index contributed by atoms with van der Waals surface area (Å²) in [6.07, 6.45) is -2.85. The quantitative estimate of drug-likeness (QED) is 0.649. The van der Waals surface area contributed by atoms with Gasteiger partial charge in [-0.05, 0) is 36.4 Å². The van der Waals surface area contributed by atoms with Crippen molar-refractivity contribution in [3.05, 3.63) is 60.3 Å². The second kappa shape index (κ2) is 7.27. The van der Waals surface area contributed by atoms with Crippen molar-refractivity contribution in [3.8, 4) is 0 Å². The molecular formula is C19H17F3N4O2S. The van der Waals surface area contributed by atoms with Crippen LogP contribution in [0.25, 0.3) is 11.0 Å². The Morgan fingerprint density at radius 2 is 1.48 bits per heavy atom. The fourth-order valence-electron chi connectivity index (χ4n) is 3.22. The van der Waals surface area contributed by atoms with Gasteiger partial charge in [-0.15, -0.1) is 0 Å². The van der Waals surface area contributed by atoms with Gasteiger partial charge in [0.25, 0.3) is 0 Å². The van der Waals surface area contributed by atoms with Crippen LogP contribution in [0.5, 0.6) is 0 Å². The molecule has 1 aromatic heterocycles. The Labute approximate surface area is 165 Å². The number of benzene rings is 2. The molecule has 1 saturated heterocycles. The molecule has 1 fully saturated rings. The van der Waals surface area contributed by atoms with E-state index in [1.807, 2.05) is 29.2 Å². The average molecular weight is 422 g/mol. The van der Waals surface area contributed by atoms with Crippen LogP contribution in [0.15, 0.2) is 59.6 Å². The van der Waals surface area contributed by atoms with E-state index >= 15 is 0 Å². The van der Waals surface area contributed by atoms with Gasteiger partial charge in [-0.2, -0.15) is 17.5 Å². The van der Waals surface area contributed by atoms with Gasteiger partial charge in [-0.1, -0.05) is 12.1 Å². The van der Waals surface area contributed by atoms with Gasteiger partial charge in [0.05, 0.1) is 27.7 Å². The van der Waals surface area contributed by atoms with E-state index in [1.165, 1.54) is 4.31 Å². The number of anilines is 1. The van der Waals surface area contributed by atoms with Crippen LogP contribution in [0.1, 0.15) is 5.56 Å². The summed E-state index contributed by atoms with van der Waals surface area (Å²) in [5, 5.41) is 0. The van der Waals surface area contributed by atoms with Gasteiger partial charge in [-0.3, -0.25) is 4.98 Å². The average Bonchev–Trinajstić information content (AvgIpc) is 2.73. The number of hydrogen-bond donors (Lipinski definition) is 0. The van der Waals surface area contributed by atoms with Gasteiger partial charge in [0.1, 0.15) is 5.82 Å². The molecule has 1 aliphatic rings. The van der Waals surface area contributed by atoms with Crippen molar-refractivity contribution >= 4 is 26.9 Å². The summed E-state index contributed by atoms with van der Waals surface area (Å²) in [6, 6.07) is 11.0. The molecule has 6 nitrogen and oxygen atoms in total. The third-order valence-electron chi connectivity index (χ3n) is 4.82. The first-order valence-electron chi connectivity index (χ1n) is 8.89. The fraction of sp³-hybridized carbons (Fsp3) is 0.263. The molecule has 2 aromatic carbocycles. The van der Waals surface area contributed by atoms with Crippen molar-refractivity contribution < 1.29 is 21.6 Å². The number of sulfonamides is 1. The Kier molecular flexibility index (Phi) is 4.91. The molecule has 10 heteroatoms. The van der Waals surface area contributed by atoms with Crippen LogP contribution >= 0.6 is 0 Å². The fourth-order valence-corrected chi connectivity index (χ4v) is 4.64. The van der Waals surface area contributed by atoms with Crippen LogP contribution in [0, 0.1) is 0 Å². The molecule has 0 spiro atoms. The van der Waals surface area contributed by atoms with Crippen molar-refractivity contribution in [2.24, 2.45) is 0 Å². The van der Waals surface area contributed by atoms with E-state index in [2.05, 4.69) is 9.97 Å². The summed E-state index contributed by atoms with van der Waals surface area (Å²) in [6.45, 7) is 1.23. The number of fused-ring (bicyclic) bond motifs is 1. The molecule has 0 unspecified atom stereocenters. The SMILES string of the molecule is O=S(=O)(c1ccc(C(F)(F)F)cc1)N1CCN(c2cnc3ccccc3n2)CC1. The highest BCUT2D eigenvalue weighted by Gasteiger charge is 2.32. The molecular weight excluding hydrogens is 405 g/mol. The minimum Gasteiger partial charge on any atom is -0.353 e. The van der Waals surface area contributed by atoms with E-state index in [1.54, 1.807) is 6.20 Å². The van der Waals surface area contributed by atoms with Crippen LogP contribution < -0.4 is 4.90 Å². The van der Waals surface area contributed by atoms with E-state index in [-0.39, 0.29) is 18.0 Å². The molecule has 0 aliphatic carbocycles. The highest BCUT2D eigenvalue weighted by molar-refractivity contribution is 7.89. The molecule has 0 atom stereocenters. The minimum absolute atomic E-state index is 0.149. The van der Waals surface area contributed by atoms with Crippen LogP contribution in [0.2, 0.25) is 0 Å². The van der Waals surface area contributed by atoms with Crippen LogP contribution in [0.4, 0.5) is 19.0 Å². The topological polar surface area (TPSA) is 66.4 Å². The van der Waals surface area contributed by atoms with Crippen LogP contribution in [-0.2, 0) is 16.2 Å². The van der Waals surface area contributed by atoms with Gasteiger partial charge >= 0.3 is 6.18 Å². The van der Waals surface area contributed by atoms with Crippen molar-refractivity contribution in [1.29, 1.82) is 0 Å². The number of hydrogen-bond acceptors (Lipinski definition) is 5. The third kappa shape index (κ3) is 3.90. The lowest BCUT2D eigenvalue weighted by molar-refractivity contribution is -0.137. The Balaban J connectivity index is 1.48. The van der Waals surface area contributed by atoms with Crippen molar-refractivity contribution in [1.82, 2.24) is 14.3 Å². The lowest BCUT2D eigenvalue weighted by Gasteiger charge is -2.34. The molecule has 0 bridgehead atoms. The monoisotopic (exact) mass is 422 g/mol. The number of nitrogens with zero attached hydrogens (tertiary/aromatic N) is 4. The summed E-state index contributed by atoms with van der Waals surface area (Å²) in [5.74, 6) is 0.662. The molecule has 0 saturated carbocycles. The Morgan fingerprint density at radius 1 is 0.862 bits per heavy atom. The van der Waals surface area contributed by atoms with Gasteiger partial charge < -0.3 is 4.90 Å². The number of aromatic nitrogens is 2. The zero-order valence-electron chi connectivity index (χ0n) is 15.2. The number of para-hydroxylation sites is 2. The molecule has 0 N–H and O–H groups in total. The summed E-state index contributed by atoms with van der Waals surface area (Å²) < 4.78 is 64.9. The molecule has 0 radical (unpaired) electrons. The summed E-state index contributed by atoms with van der Waals surface area (Å²) in [4.78, 5) is 10.7. The number of rotatable bonds is 3. The third-order valence-corrected chi connectivity index (χ3v) is 6.73. The Hall–Kier alpha value is -2.72. The van der Waals surface area contributed by atoms with Crippen molar-refractivity contribution in [2.75, 3.05) is 31.1 Å². The van der Waals surface area contributed by atoms with E-state index < -0.39 is 21.8 Å². The highest BCUT2D eigenvalue weighted by atomic mass is 32.2. The smallest absolute Gasteiger partial charge is 0.353 e. The molecule has 3 aromatic rings. The standard InChI is InChI=1S/C19H17F3N4O2S/c20-19(21,22)14-5-7-15(8-6-14)29(27,28)26-11-9-25(10-12-26)18-13-23-16-3-1-2-4-17(16)24-18/h1-8,13H,9-12H2. The lowest BCUT2D eigenvalue weighted by Crippen LogP contribution is -2.48. The van der Waals surface area contributed by atoms with Gasteiger partial charge in [0.2, 0.25) is 10.0 Å². The van der Waals surface area contributed by atoms with Crippen LogP contribution in [-0.4, -0.2) is 48.9 Å². The zero-order chi connectivity index (χ0) is 20.6. The summed E-state index contributed by atoms with van der Waals surface area (Å²) in [7, 11) is -3.86. The second-order valence-electron chi connectivity index (χ2n) is 6.63. The molecule has 0 amide bonds. The maximum atomic E-state index is 12.8. The first-order chi connectivity index (χ1) is 13.7. The maximum absolute atomic E-state index is 12.8. The largest absolute Gasteiger partial charge is 0.416 e. The van der Waals surface area contributed by atoms with E-state index in [4.69, 9.17) is 0 Å². The Bertz CT molecular complexity index is 1130. The molecule has 2 heterocycles. The zero-order valence-corrected chi connectivity index (χ0v) is 16.0. The lowest BCUT2D eigenvalue weighted by atomic mass is 10.2. The Morgan fingerprint density at radius 3 is 2.10 bits per heavy atom. The van der Waals surface area contributed by atoms with Crippen LogP contribution in [0.3, 0.4) is 0 Å². The number of halogens is 3. The normalized spacial score (nSPS) is 16.3. The molecule has 29 heavy (non-hydrogen) atoms. The predicted molar refractivity (Wildman–Crippen MR) is 102 cm³/mol. The predicted octanol–water partition coefficient (Wildman–Crippen LogP) is 3.16. The van der Waals surface area contributed by atoms with E-state index in [9.17, 15) is 21.6 Å². The molecule has 4 rings (SSSR count). The first-order valence-corrected chi connectivity index (χ1v) is 10.3. The van der Waals surface area contributed by atoms with Gasteiger partial charge in [0.15, 0.2) is 0 Å². The highest BCUT2D eigenvalue weighted by Crippen LogP contribution is 2.30. The summed E-state index contributed by atoms with van der Waals surface area (Å²) in [5.41, 5.74) is 0.653. The minimum atomic E-state index is -4.51. The van der Waals surface area contributed by atoms with Crippen molar-refractivity contribution in [2.45, 2.75) is 11.1 Å². The first kappa shape index (κ1) is 19.6. The maximum Gasteiger partial charge on any atom is 0.416 e.